The van der Waals surface area contributed by atoms with E-state index >= 15 is 0 Å². The van der Waals surface area contributed by atoms with Gasteiger partial charge in [0.2, 0.25) is 0 Å². The number of thiazole rings is 1. The summed E-state index contributed by atoms with van der Waals surface area (Å²) in [6.45, 7) is 1.86. The van der Waals surface area contributed by atoms with E-state index in [0.717, 1.165) is 5.01 Å². The highest BCUT2D eigenvalue weighted by molar-refractivity contribution is 7.09. The van der Waals surface area contributed by atoms with E-state index in [1.807, 2.05) is 6.92 Å². The van der Waals surface area contributed by atoms with Gasteiger partial charge in [-0.05, 0) is 19.1 Å². The third kappa shape index (κ3) is 2.70. The lowest BCUT2D eigenvalue weighted by Crippen LogP contribution is -2.07. The number of ketones is 1. The van der Waals surface area contributed by atoms with E-state index in [4.69, 9.17) is 11.6 Å². The van der Waals surface area contributed by atoms with Gasteiger partial charge in [-0.1, -0.05) is 17.7 Å². The Morgan fingerprint density at radius 3 is 2.88 bits per heavy atom. The summed E-state index contributed by atoms with van der Waals surface area (Å²) in [5, 5.41) is 2.82. The van der Waals surface area contributed by atoms with Crippen LogP contribution in [-0.2, 0) is 6.42 Å². The number of hydrogen-bond acceptors (Lipinski definition) is 3. The van der Waals surface area contributed by atoms with Gasteiger partial charge in [0.05, 0.1) is 27.7 Å². The fourth-order valence-electron chi connectivity index (χ4n) is 1.51. The number of halogens is 2. The van der Waals surface area contributed by atoms with Crippen molar-refractivity contribution in [2.75, 3.05) is 0 Å². The maximum atomic E-state index is 13.5. The average Bonchev–Trinajstić information content (AvgIpc) is 2.63. The number of aryl methyl sites for hydroxylation is 1. The molecule has 88 valence electrons. The zero-order valence-corrected chi connectivity index (χ0v) is 10.6. The van der Waals surface area contributed by atoms with E-state index in [9.17, 15) is 9.18 Å². The second-order valence-corrected chi connectivity index (χ2v) is 5.02. The summed E-state index contributed by atoms with van der Waals surface area (Å²) in [7, 11) is 0. The summed E-state index contributed by atoms with van der Waals surface area (Å²) >= 11 is 7.28. The summed E-state index contributed by atoms with van der Waals surface area (Å²) < 4.78 is 13.5. The molecule has 0 aliphatic heterocycles. The molecular weight excluding hydrogens is 261 g/mol. The molecule has 0 amide bonds. The largest absolute Gasteiger partial charge is 0.294 e. The molecule has 0 radical (unpaired) electrons. The smallest absolute Gasteiger partial charge is 0.173 e. The first-order chi connectivity index (χ1) is 8.08. The maximum Gasteiger partial charge on any atom is 0.173 e. The van der Waals surface area contributed by atoms with Crippen molar-refractivity contribution in [3.05, 3.63) is 50.7 Å². The van der Waals surface area contributed by atoms with E-state index < -0.39 is 5.82 Å². The number of hydrogen-bond donors (Lipinski definition) is 0. The molecule has 0 aliphatic rings. The lowest BCUT2D eigenvalue weighted by Gasteiger charge is -2.03. The van der Waals surface area contributed by atoms with Crippen LogP contribution in [0.25, 0.3) is 0 Å². The van der Waals surface area contributed by atoms with Crippen LogP contribution >= 0.6 is 22.9 Å². The van der Waals surface area contributed by atoms with Crippen LogP contribution in [0.3, 0.4) is 0 Å². The van der Waals surface area contributed by atoms with Crippen molar-refractivity contribution in [2.24, 2.45) is 0 Å². The third-order valence-electron chi connectivity index (χ3n) is 2.25. The molecule has 1 heterocycles. The molecule has 0 N–H and O–H groups in total. The Morgan fingerprint density at radius 1 is 1.53 bits per heavy atom. The molecule has 5 heteroatoms. The van der Waals surface area contributed by atoms with Crippen LogP contribution in [0.4, 0.5) is 4.39 Å². The first-order valence-electron chi connectivity index (χ1n) is 4.96. The predicted octanol–water partition coefficient (Wildman–Crippen LogP) is 3.67. The van der Waals surface area contributed by atoms with Crippen LogP contribution in [0.15, 0.2) is 23.6 Å². The quantitative estimate of drug-likeness (QED) is 0.796. The number of benzene rings is 1. The number of Topliss-reactive ketones (excluding diaryl/α,β-unsaturated/α-hetero) is 1. The number of carbonyl (C=O) groups is 1. The first-order valence-corrected chi connectivity index (χ1v) is 6.22. The lowest BCUT2D eigenvalue weighted by molar-refractivity contribution is 0.0988. The van der Waals surface area contributed by atoms with E-state index in [0.29, 0.717) is 5.69 Å². The van der Waals surface area contributed by atoms with Gasteiger partial charge in [0.25, 0.3) is 0 Å². The molecule has 2 nitrogen and oxygen atoms in total. The zero-order chi connectivity index (χ0) is 12.4. The molecular formula is C12H9ClFNOS. The minimum atomic E-state index is -0.588. The summed E-state index contributed by atoms with van der Waals surface area (Å²) in [6, 6.07) is 4.21. The summed E-state index contributed by atoms with van der Waals surface area (Å²) in [5.74, 6) is -0.937. The van der Waals surface area contributed by atoms with Gasteiger partial charge in [0.15, 0.2) is 5.78 Å². The van der Waals surface area contributed by atoms with Gasteiger partial charge in [0, 0.05) is 5.38 Å². The molecule has 0 bridgehead atoms. The minimum Gasteiger partial charge on any atom is -0.294 e. The monoisotopic (exact) mass is 269 g/mol. The van der Waals surface area contributed by atoms with Gasteiger partial charge < -0.3 is 0 Å². The second-order valence-electron chi connectivity index (χ2n) is 3.55. The lowest BCUT2D eigenvalue weighted by atomic mass is 10.1. The van der Waals surface area contributed by atoms with Crippen LogP contribution in [-0.4, -0.2) is 10.8 Å². The Labute approximate surface area is 107 Å². The van der Waals surface area contributed by atoms with Gasteiger partial charge in [-0.3, -0.25) is 4.79 Å². The number of aromatic nitrogens is 1. The van der Waals surface area contributed by atoms with Crippen molar-refractivity contribution >= 4 is 28.7 Å². The minimum absolute atomic E-state index is 0.0557. The van der Waals surface area contributed by atoms with Crippen LogP contribution in [0, 0.1) is 12.7 Å². The first kappa shape index (κ1) is 12.2. The number of carbonyl (C=O) groups excluding carboxylic acids is 1. The third-order valence-corrected chi connectivity index (χ3v) is 3.39. The van der Waals surface area contributed by atoms with Gasteiger partial charge in [-0.25, -0.2) is 9.37 Å². The van der Waals surface area contributed by atoms with Gasteiger partial charge in [-0.2, -0.15) is 0 Å². The second kappa shape index (κ2) is 4.94. The molecule has 2 aromatic rings. The molecule has 0 fully saturated rings. The topological polar surface area (TPSA) is 30.0 Å². The molecule has 0 spiro atoms. The van der Waals surface area contributed by atoms with E-state index in [-0.39, 0.29) is 22.8 Å². The van der Waals surface area contributed by atoms with Crippen molar-refractivity contribution in [2.45, 2.75) is 13.3 Å². The van der Waals surface area contributed by atoms with Crippen molar-refractivity contribution in [3.8, 4) is 0 Å². The zero-order valence-electron chi connectivity index (χ0n) is 9.04. The highest BCUT2D eigenvalue weighted by Crippen LogP contribution is 2.21. The Bertz CT molecular complexity index is 547. The number of nitrogens with zero attached hydrogens (tertiary/aromatic N) is 1. The molecule has 17 heavy (non-hydrogen) atoms. The average molecular weight is 270 g/mol. The summed E-state index contributed by atoms with van der Waals surface area (Å²) in [6.07, 6.45) is 0.0744. The van der Waals surface area contributed by atoms with Gasteiger partial charge >= 0.3 is 0 Å². The van der Waals surface area contributed by atoms with Gasteiger partial charge in [0.1, 0.15) is 5.82 Å². The molecule has 0 saturated heterocycles. The van der Waals surface area contributed by atoms with Gasteiger partial charge in [-0.15, -0.1) is 11.3 Å². The normalized spacial score (nSPS) is 10.5. The SMILES string of the molecule is Cc1nc(CC(=O)c2c(F)cccc2Cl)cs1. The number of rotatable bonds is 3. The molecule has 2 rings (SSSR count). The highest BCUT2D eigenvalue weighted by atomic mass is 35.5. The molecule has 0 saturated carbocycles. The Morgan fingerprint density at radius 2 is 2.29 bits per heavy atom. The standard InChI is InChI=1S/C12H9ClFNOS/c1-7-15-8(6-17-7)5-11(16)12-9(13)3-2-4-10(12)14/h2-4,6H,5H2,1H3. The summed E-state index contributed by atoms with van der Waals surface area (Å²) in [4.78, 5) is 16.1. The molecule has 1 aromatic heterocycles. The molecule has 0 atom stereocenters. The highest BCUT2D eigenvalue weighted by Gasteiger charge is 2.16. The van der Waals surface area contributed by atoms with Crippen molar-refractivity contribution in [3.63, 3.8) is 0 Å². The van der Waals surface area contributed by atoms with E-state index in [1.165, 1.54) is 29.5 Å². The van der Waals surface area contributed by atoms with Crippen LogP contribution < -0.4 is 0 Å². The predicted molar refractivity (Wildman–Crippen MR) is 66.3 cm³/mol. The van der Waals surface area contributed by atoms with Crippen molar-refractivity contribution in [1.29, 1.82) is 0 Å². The molecule has 1 aromatic carbocycles. The van der Waals surface area contributed by atoms with Crippen molar-refractivity contribution < 1.29 is 9.18 Å². The van der Waals surface area contributed by atoms with Crippen molar-refractivity contribution in [1.82, 2.24) is 4.98 Å². The molecule has 0 aliphatic carbocycles. The fraction of sp³-hybridized carbons (Fsp3) is 0.167. The fourth-order valence-corrected chi connectivity index (χ4v) is 2.39. The summed E-state index contributed by atoms with van der Waals surface area (Å²) in [5.41, 5.74) is 0.594. The van der Waals surface area contributed by atoms with Crippen LogP contribution in [0.5, 0.6) is 0 Å². The Balaban J connectivity index is 2.26. The maximum absolute atomic E-state index is 13.5. The molecule has 0 unspecified atom stereocenters. The van der Waals surface area contributed by atoms with E-state index in [1.54, 1.807) is 5.38 Å². The Hall–Kier alpha value is -1.26. The Kier molecular flexibility index (Phi) is 3.54. The van der Waals surface area contributed by atoms with Crippen LogP contribution in [0.1, 0.15) is 21.1 Å². The van der Waals surface area contributed by atoms with E-state index in [2.05, 4.69) is 4.98 Å². The van der Waals surface area contributed by atoms with Crippen LogP contribution in [0.2, 0.25) is 5.02 Å².